The topological polar surface area (TPSA) is 87.6 Å². The van der Waals surface area contributed by atoms with E-state index in [0.717, 1.165) is 10.7 Å². The van der Waals surface area contributed by atoms with Gasteiger partial charge in [-0.3, -0.25) is 9.79 Å². The van der Waals surface area contributed by atoms with E-state index in [4.69, 9.17) is 4.74 Å². The van der Waals surface area contributed by atoms with E-state index in [0.29, 0.717) is 25.7 Å². The molecule has 0 radical (unpaired) electrons. The van der Waals surface area contributed by atoms with Crippen LogP contribution in [0, 0.1) is 13.8 Å². The van der Waals surface area contributed by atoms with Gasteiger partial charge >= 0.3 is 0 Å². The summed E-state index contributed by atoms with van der Waals surface area (Å²) in [7, 11) is 3.26. The van der Waals surface area contributed by atoms with Crippen molar-refractivity contribution < 1.29 is 9.53 Å². The normalized spacial score (nSPS) is 10.8. The van der Waals surface area contributed by atoms with E-state index < -0.39 is 0 Å². The molecule has 1 rings (SSSR count). The lowest BCUT2D eigenvalue weighted by Gasteiger charge is -2.11. The first-order chi connectivity index (χ1) is 10.1. The lowest BCUT2D eigenvalue weighted by atomic mass is 10.4. The number of carbonyl (C=O) groups is 1. The van der Waals surface area contributed by atoms with Gasteiger partial charge in [-0.2, -0.15) is 0 Å². The lowest BCUT2D eigenvalue weighted by Crippen LogP contribution is -2.43. The molecular weight excluding hydrogens is 417 g/mol. The lowest BCUT2D eigenvalue weighted by molar-refractivity contribution is -0.120. The van der Waals surface area contributed by atoms with Crippen LogP contribution in [-0.2, 0) is 16.1 Å². The number of hydrogen-bond donors (Lipinski definition) is 3. The third-order valence-corrected chi connectivity index (χ3v) is 3.82. The van der Waals surface area contributed by atoms with Crippen molar-refractivity contribution in [1.29, 1.82) is 0 Å². The Kier molecular flexibility index (Phi) is 11.1. The Morgan fingerprint density at radius 2 is 2.05 bits per heavy atom. The minimum atomic E-state index is -0.101. The highest BCUT2D eigenvalue weighted by atomic mass is 127. The largest absolute Gasteiger partial charge is 0.383 e. The van der Waals surface area contributed by atoms with Crippen molar-refractivity contribution in [2.45, 2.75) is 20.4 Å². The van der Waals surface area contributed by atoms with Crippen LogP contribution in [0.5, 0.6) is 0 Å². The van der Waals surface area contributed by atoms with Gasteiger partial charge in [-0.25, -0.2) is 4.98 Å². The molecule has 9 heteroatoms. The van der Waals surface area contributed by atoms with Crippen LogP contribution < -0.4 is 16.0 Å². The van der Waals surface area contributed by atoms with Crippen molar-refractivity contribution in [3.8, 4) is 0 Å². The van der Waals surface area contributed by atoms with Crippen LogP contribution in [0.3, 0.4) is 0 Å². The van der Waals surface area contributed by atoms with Gasteiger partial charge in [0, 0.05) is 25.6 Å². The first kappa shape index (κ1) is 21.1. The molecule has 22 heavy (non-hydrogen) atoms. The minimum absolute atomic E-state index is 0. The monoisotopic (exact) mass is 441 g/mol. The molecule has 0 fully saturated rings. The third-order valence-electron chi connectivity index (χ3n) is 2.75. The van der Waals surface area contributed by atoms with Gasteiger partial charge in [0.15, 0.2) is 5.96 Å². The van der Waals surface area contributed by atoms with E-state index in [1.165, 1.54) is 4.88 Å². The van der Waals surface area contributed by atoms with Gasteiger partial charge in [0.2, 0.25) is 5.91 Å². The number of thiazole rings is 1. The number of hydrogen-bond acceptors (Lipinski definition) is 5. The number of aryl methyl sites for hydroxylation is 2. The van der Waals surface area contributed by atoms with E-state index in [2.05, 4.69) is 25.9 Å². The summed E-state index contributed by atoms with van der Waals surface area (Å²) in [6.07, 6.45) is 0. The Morgan fingerprint density at radius 1 is 1.32 bits per heavy atom. The molecule has 0 atom stereocenters. The molecule has 3 N–H and O–H groups in total. The summed E-state index contributed by atoms with van der Waals surface area (Å²) in [5.41, 5.74) is 1.05. The molecule has 1 aromatic rings. The highest BCUT2D eigenvalue weighted by Gasteiger charge is 2.06. The highest BCUT2D eigenvalue weighted by molar-refractivity contribution is 14.0. The Balaban J connectivity index is 0.00000441. The fourth-order valence-corrected chi connectivity index (χ4v) is 2.39. The van der Waals surface area contributed by atoms with Crippen molar-refractivity contribution in [3.63, 3.8) is 0 Å². The molecule has 0 spiro atoms. The Hall–Kier alpha value is -0.940. The number of ether oxygens (including phenoxy) is 1. The van der Waals surface area contributed by atoms with Gasteiger partial charge in [0.05, 0.1) is 25.4 Å². The third kappa shape index (κ3) is 7.90. The number of methoxy groups -OCH3 is 1. The van der Waals surface area contributed by atoms with Crippen LogP contribution in [0.25, 0.3) is 0 Å². The molecule has 0 aliphatic heterocycles. The molecule has 0 bridgehead atoms. The second-order valence-electron chi connectivity index (χ2n) is 4.37. The summed E-state index contributed by atoms with van der Waals surface area (Å²) in [6.45, 7) is 5.80. The van der Waals surface area contributed by atoms with Gasteiger partial charge in [-0.1, -0.05) is 0 Å². The number of nitrogens with zero attached hydrogens (tertiary/aromatic N) is 2. The predicted octanol–water partition coefficient (Wildman–Crippen LogP) is 0.806. The molecule has 1 heterocycles. The van der Waals surface area contributed by atoms with E-state index in [1.54, 1.807) is 25.5 Å². The van der Waals surface area contributed by atoms with Crippen molar-refractivity contribution in [3.05, 3.63) is 15.6 Å². The average Bonchev–Trinajstić information content (AvgIpc) is 2.78. The van der Waals surface area contributed by atoms with Crippen molar-refractivity contribution in [1.82, 2.24) is 20.9 Å². The van der Waals surface area contributed by atoms with E-state index in [1.807, 2.05) is 13.8 Å². The van der Waals surface area contributed by atoms with Crippen molar-refractivity contribution in [2.24, 2.45) is 4.99 Å². The Bertz CT molecular complexity index is 473. The van der Waals surface area contributed by atoms with E-state index >= 15 is 0 Å². The molecule has 1 aromatic heterocycles. The van der Waals surface area contributed by atoms with Gasteiger partial charge in [-0.15, -0.1) is 35.3 Å². The number of guanidine groups is 1. The van der Waals surface area contributed by atoms with Gasteiger partial charge < -0.3 is 20.7 Å². The number of aromatic nitrogens is 1. The Morgan fingerprint density at radius 3 is 2.59 bits per heavy atom. The van der Waals surface area contributed by atoms with Crippen LogP contribution in [0.4, 0.5) is 0 Å². The smallest absolute Gasteiger partial charge is 0.239 e. The van der Waals surface area contributed by atoms with Gasteiger partial charge in [0.25, 0.3) is 0 Å². The molecule has 1 amide bonds. The second-order valence-corrected chi connectivity index (χ2v) is 5.66. The quantitative estimate of drug-likeness (QED) is 0.252. The molecule has 0 saturated heterocycles. The molecule has 0 saturated carbocycles. The van der Waals surface area contributed by atoms with Gasteiger partial charge in [-0.05, 0) is 13.8 Å². The number of nitrogens with one attached hydrogen (secondary N) is 3. The number of rotatable bonds is 7. The first-order valence-electron chi connectivity index (χ1n) is 6.70. The molecule has 0 aliphatic rings. The molecule has 7 nitrogen and oxygen atoms in total. The number of carbonyl (C=O) groups excluding carboxylic acids is 1. The summed E-state index contributed by atoms with van der Waals surface area (Å²) in [5, 5.41) is 9.81. The predicted molar refractivity (Wildman–Crippen MR) is 100 cm³/mol. The van der Waals surface area contributed by atoms with E-state index in [-0.39, 0.29) is 36.4 Å². The van der Waals surface area contributed by atoms with Crippen molar-refractivity contribution in [2.75, 3.05) is 33.9 Å². The van der Waals surface area contributed by atoms with Crippen LogP contribution in [-0.4, -0.2) is 50.7 Å². The fourth-order valence-electron chi connectivity index (χ4n) is 1.51. The van der Waals surface area contributed by atoms with Crippen molar-refractivity contribution >= 4 is 47.2 Å². The molecule has 0 unspecified atom stereocenters. The van der Waals surface area contributed by atoms with Crippen LogP contribution in [0.1, 0.15) is 15.6 Å². The summed E-state index contributed by atoms with van der Waals surface area (Å²) < 4.78 is 4.86. The molecule has 0 aromatic carbocycles. The van der Waals surface area contributed by atoms with Gasteiger partial charge in [0.1, 0.15) is 5.01 Å². The zero-order valence-corrected chi connectivity index (χ0v) is 16.5. The number of amides is 1. The standard InChI is InChI=1S/C13H23N5O2S.HI/c1-9-10(2)21-12(18-9)8-17-13(14-3)16-7-11(19)15-5-6-20-4;/h5-8H2,1-4H3,(H,15,19)(H2,14,16,17);1H. The summed E-state index contributed by atoms with van der Waals surface area (Å²) in [5.74, 6) is 0.471. The van der Waals surface area contributed by atoms with Crippen LogP contribution in [0.2, 0.25) is 0 Å². The van der Waals surface area contributed by atoms with Crippen LogP contribution >= 0.6 is 35.3 Å². The maximum absolute atomic E-state index is 11.5. The average molecular weight is 441 g/mol. The highest BCUT2D eigenvalue weighted by Crippen LogP contribution is 2.15. The Labute approximate surface area is 152 Å². The number of halogens is 1. The maximum atomic E-state index is 11.5. The zero-order chi connectivity index (χ0) is 15.7. The fraction of sp³-hybridized carbons (Fsp3) is 0.615. The van der Waals surface area contributed by atoms with Crippen LogP contribution in [0.15, 0.2) is 4.99 Å². The number of aliphatic imine (C=N–C) groups is 1. The molecular formula is C13H24IN5O2S. The summed E-state index contributed by atoms with van der Waals surface area (Å²) in [6, 6.07) is 0. The minimum Gasteiger partial charge on any atom is -0.383 e. The summed E-state index contributed by atoms with van der Waals surface area (Å²) in [4.78, 5) is 21.3. The second kappa shape index (κ2) is 11.6. The maximum Gasteiger partial charge on any atom is 0.239 e. The molecule has 126 valence electrons. The summed E-state index contributed by atoms with van der Waals surface area (Å²) >= 11 is 1.66. The SMILES string of the molecule is CN=C(NCC(=O)NCCOC)NCc1nc(C)c(C)s1.I. The molecule has 0 aliphatic carbocycles. The van der Waals surface area contributed by atoms with E-state index in [9.17, 15) is 4.79 Å². The zero-order valence-electron chi connectivity index (χ0n) is 13.4. The first-order valence-corrected chi connectivity index (χ1v) is 7.51.